The first kappa shape index (κ1) is 21.5. The minimum absolute atomic E-state index is 0.140. The van der Waals surface area contributed by atoms with Crippen LogP contribution in [0.1, 0.15) is 30.2 Å². The van der Waals surface area contributed by atoms with Crippen LogP contribution >= 0.6 is 0 Å². The third-order valence-electron chi connectivity index (χ3n) is 5.21. The van der Waals surface area contributed by atoms with Crippen molar-refractivity contribution in [2.75, 3.05) is 5.32 Å². The van der Waals surface area contributed by atoms with E-state index in [0.29, 0.717) is 31.1 Å². The predicted molar refractivity (Wildman–Crippen MR) is 124 cm³/mol. The van der Waals surface area contributed by atoms with Crippen LogP contribution < -0.4 is 10.6 Å². The van der Waals surface area contributed by atoms with Gasteiger partial charge in [-0.25, -0.2) is 0 Å². The molecule has 4 aromatic rings. The molecule has 0 aliphatic heterocycles. The minimum atomic E-state index is -0.367. The highest BCUT2D eigenvalue weighted by Gasteiger charge is 2.19. The van der Waals surface area contributed by atoms with Gasteiger partial charge in [0.15, 0.2) is 5.82 Å². The number of aryl methyl sites for hydroxylation is 1. The molecule has 2 aromatic carbocycles. The van der Waals surface area contributed by atoms with Crippen LogP contribution in [0.2, 0.25) is 0 Å². The minimum Gasteiger partial charge on any atom is -0.360 e. The van der Waals surface area contributed by atoms with Crippen LogP contribution in [0.25, 0.3) is 11.3 Å². The molecule has 32 heavy (non-hydrogen) atoms. The van der Waals surface area contributed by atoms with Gasteiger partial charge in [-0.05, 0) is 18.9 Å². The molecule has 0 radical (unpaired) electrons. The van der Waals surface area contributed by atoms with Crippen molar-refractivity contribution in [1.82, 2.24) is 20.3 Å². The summed E-state index contributed by atoms with van der Waals surface area (Å²) in [4.78, 5) is 12.7. The summed E-state index contributed by atoms with van der Waals surface area (Å²) in [5.41, 5.74) is 4.18. The quantitative estimate of drug-likeness (QED) is 0.412. The molecular formula is C25H27N5O2. The highest BCUT2D eigenvalue weighted by Crippen LogP contribution is 2.22. The van der Waals surface area contributed by atoms with Gasteiger partial charge in [-0.15, -0.1) is 0 Å². The van der Waals surface area contributed by atoms with E-state index in [1.807, 2.05) is 54.2 Å². The number of amides is 1. The van der Waals surface area contributed by atoms with Crippen LogP contribution in [-0.2, 0) is 17.9 Å². The summed E-state index contributed by atoms with van der Waals surface area (Å²) in [5, 5.41) is 14.9. The molecule has 0 spiro atoms. The topological polar surface area (TPSA) is 85.0 Å². The highest BCUT2D eigenvalue weighted by atomic mass is 16.5. The number of nitrogens with one attached hydrogen (secondary N) is 2. The van der Waals surface area contributed by atoms with Gasteiger partial charge in [0.25, 0.3) is 0 Å². The summed E-state index contributed by atoms with van der Waals surface area (Å²) >= 11 is 0. The fourth-order valence-corrected chi connectivity index (χ4v) is 3.58. The molecule has 0 aliphatic carbocycles. The molecule has 4 rings (SSSR count). The zero-order chi connectivity index (χ0) is 22.3. The summed E-state index contributed by atoms with van der Waals surface area (Å²) < 4.78 is 6.98. The van der Waals surface area contributed by atoms with Gasteiger partial charge in [0.05, 0.1) is 18.3 Å². The van der Waals surface area contributed by atoms with E-state index in [0.717, 1.165) is 16.8 Å². The average Bonchev–Trinajstić information content (AvgIpc) is 3.41. The lowest BCUT2D eigenvalue weighted by molar-refractivity contribution is -0.118. The van der Waals surface area contributed by atoms with E-state index >= 15 is 0 Å². The van der Waals surface area contributed by atoms with E-state index in [9.17, 15) is 4.79 Å². The van der Waals surface area contributed by atoms with E-state index in [4.69, 9.17) is 9.62 Å². The number of carbonyl (C=O) groups is 1. The van der Waals surface area contributed by atoms with Crippen LogP contribution in [0.3, 0.4) is 0 Å². The van der Waals surface area contributed by atoms with Gasteiger partial charge in [0, 0.05) is 29.9 Å². The number of anilines is 1. The molecule has 1 atom stereocenters. The van der Waals surface area contributed by atoms with Crippen molar-refractivity contribution in [3.8, 4) is 11.3 Å². The second kappa shape index (κ2) is 10.1. The van der Waals surface area contributed by atoms with Crippen LogP contribution in [0.15, 0.2) is 77.4 Å². The lowest BCUT2D eigenvalue weighted by Gasteiger charge is -2.15. The molecule has 7 heteroatoms. The number of carbonyl (C=O) groups excluding carboxylic acids is 1. The summed E-state index contributed by atoms with van der Waals surface area (Å²) in [6, 6.07) is 21.7. The van der Waals surface area contributed by atoms with Gasteiger partial charge in [-0.1, -0.05) is 72.7 Å². The number of hydrogen-bond donors (Lipinski definition) is 2. The zero-order valence-corrected chi connectivity index (χ0v) is 18.3. The van der Waals surface area contributed by atoms with E-state index in [1.165, 1.54) is 5.56 Å². The molecule has 2 aromatic heterocycles. The highest BCUT2D eigenvalue weighted by molar-refractivity contribution is 5.94. The molecule has 0 aliphatic rings. The Morgan fingerprint density at radius 2 is 1.81 bits per heavy atom. The van der Waals surface area contributed by atoms with Gasteiger partial charge >= 0.3 is 0 Å². The number of hydrogen-bond acceptors (Lipinski definition) is 5. The van der Waals surface area contributed by atoms with Crippen LogP contribution in [-0.4, -0.2) is 26.9 Å². The Labute approximate surface area is 187 Å². The number of rotatable bonds is 9. The fraction of sp³-hybridized carbons (Fsp3) is 0.240. The van der Waals surface area contributed by atoms with Crippen LogP contribution in [0, 0.1) is 6.92 Å². The van der Waals surface area contributed by atoms with Gasteiger partial charge in [0.2, 0.25) is 5.91 Å². The molecule has 7 nitrogen and oxygen atoms in total. The standard InChI is InChI=1S/C25H27N5O2/c1-3-22(25(31)27-23-14-18(2)32-29-23)26-15-21-17-30(16-19-10-6-4-7-11-19)28-24(21)20-12-8-5-9-13-20/h4-14,17,22,26H,3,15-16H2,1-2H3,(H,27,29,31)/t22-/m1/s1. The molecular weight excluding hydrogens is 402 g/mol. The fourth-order valence-electron chi connectivity index (χ4n) is 3.58. The normalized spacial score (nSPS) is 11.9. The maximum Gasteiger partial charge on any atom is 0.242 e. The van der Waals surface area contributed by atoms with Gasteiger partial charge in [-0.2, -0.15) is 5.10 Å². The molecule has 0 saturated carbocycles. The number of benzene rings is 2. The van der Waals surface area contributed by atoms with E-state index in [1.54, 1.807) is 13.0 Å². The van der Waals surface area contributed by atoms with Gasteiger partial charge < -0.3 is 15.2 Å². The molecule has 1 amide bonds. The Kier molecular flexibility index (Phi) is 6.77. The summed E-state index contributed by atoms with van der Waals surface area (Å²) in [7, 11) is 0. The Morgan fingerprint density at radius 3 is 2.47 bits per heavy atom. The zero-order valence-electron chi connectivity index (χ0n) is 18.3. The molecule has 0 bridgehead atoms. The second-order valence-corrected chi connectivity index (χ2v) is 7.71. The van der Waals surface area contributed by atoms with Crippen molar-refractivity contribution in [3.05, 3.63) is 89.8 Å². The lowest BCUT2D eigenvalue weighted by atomic mass is 10.1. The Morgan fingerprint density at radius 1 is 1.09 bits per heavy atom. The molecule has 2 N–H and O–H groups in total. The van der Waals surface area contributed by atoms with Crippen molar-refractivity contribution < 1.29 is 9.32 Å². The summed E-state index contributed by atoms with van der Waals surface area (Å²) in [6.07, 6.45) is 2.69. The van der Waals surface area contributed by atoms with E-state index in [2.05, 4.69) is 40.1 Å². The molecule has 2 heterocycles. The molecule has 0 saturated heterocycles. The van der Waals surface area contributed by atoms with Crippen LogP contribution in [0.5, 0.6) is 0 Å². The molecule has 0 unspecified atom stereocenters. The first-order chi connectivity index (χ1) is 15.6. The van der Waals surface area contributed by atoms with E-state index < -0.39 is 0 Å². The first-order valence-corrected chi connectivity index (χ1v) is 10.8. The largest absolute Gasteiger partial charge is 0.360 e. The van der Waals surface area contributed by atoms with Crippen LogP contribution in [0.4, 0.5) is 5.82 Å². The van der Waals surface area contributed by atoms with Crippen molar-refractivity contribution in [1.29, 1.82) is 0 Å². The average molecular weight is 430 g/mol. The maximum atomic E-state index is 12.7. The Balaban J connectivity index is 1.51. The lowest BCUT2D eigenvalue weighted by Crippen LogP contribution is -2.39. The van der Waals surface area contributed by atoms with Crippen molar-refractivity contribution in [2.24, 2.45) is 0 Å². The summed E-state index contributed by atoms with van der Waals surface area (Å²) in [5.74, 6) is 0.937. The first-order valence-electron chi connectivity index (χ1n) is 10.8. The predicted octanol–water partition coefficient (Wildman–Crippen LogP) is 4.40. The smallest absolute Gasteiger partial charge is 0.242 e. The van der Waals surface area contributed by atoms with E-state index in [-0.39, 0.29) is 11.9 Å². The second-order valence-electron chi connectivity index (χ2n) is 7.71. The SMILES string of the molecule is CC[C@@H](NCc1cn(Cc2ccccc2)nc1-c1ccccc1)C(=O)Nc1cc(C)on1. The van der Waals surface area contributed by atoms with Gasteiger partial charge in [0.1, 0.15) is 5.76 Å². The molecule has 0 fully saturated rings. The third kappa shape index (κ3) is 5.31. The Hall–Kier alpha value is -3.71. The van der Waals surface area contributed by atoms with Crippen molar-refractivity contribution >= 4 is 11.7 Å². The number of nitrogens with zero attached hydrogens (tertiary/aromatic N) is 3. The van der Waals surface area contributed by atoms with Crippen molar-refractivity contribution in [3.63, 3.8) is 0 Å². The number of aromatic nitrogens is 3. The monoisotopic (exact) mass is 429 g/mol. The third-order valence-corrected chi connectivity index (χ3v) is 5.21. The summed E-state index contributed by atoms with van der Waals surface area (Å²) in [6.45, 7) is 4.96. The van der Waals surface area contributed by atoms with Crippen molar-refractivity contribution in [2.45, 2.75) is 39.4 Å². The van der Waals surface area contributed by atoms with Gasteiger partial charge in [-0.3, -0.25) is 9.48 Å². The maximum absolute atomic E-state index is 12.7. The Bertz CT molecular complexity index is 1150. The molecule has 164 valence electrons.